The average Bonchev–Trinajstić information content (AvgIpc) is 2.42. The number of methoxy groups -OCH3 is 1. The topological polar surface area (TPSA) is 60.2 Å². The van der Waals surface area contributed by atoms with Gasteiger partial charge in [-0.2, -0.15) is 0 Å². The van der Waals surface area contributed by atoms with Crippen molar-refractivity contribution >= 4 is 11.6 Å². The molecule has 5 heteroatoms. The van der Waals surface area contributed by atoms with E-state index in [-0.39, 0.29) is 6.04 Å². The summed E-state index contributed by atoms with van der Waals surface area (Å²) in [5.74, 6) is 6.42. The van der Waals surface area contributed by atoms with Crippen LogP contribution in [0.15, 0.2) is 36.5 Å². The van der Waals surface area contributed by atoms with E-state index >= 15 is 0 Å². The Morgan fingerprint density at radius 3 is 2.79 bits per heavy atom. The molecule has 2 rings (SSSR count). The number of halogens is 1. The highest BCUT2D eigenvalue weighted by Crippen LogP contribution is 2.32. The molecule has 19 heavy (non-hydrogen) atoms. The van der Waals surface area contributed by atoms with Crippen molar-refractivity contribution in [3.05, 3.63) is 58.4 Å². The molecule has 3 N–H and O–H groups in total. The number of hydrogen-bond donors (Lipinski definition) is 2. The molecule has 1 unspecified atom stereocenters. The normalized spacial score (nSPS) is 12.2. The number of hydrazine groups is 1. The largest absolute Gasteiger partial charge is 0.496 e. The van der Waals surface area contributed by atoms with Gasteiger partial charge in [0, 0.05) is 11.8 Å². The Bertz CT molecular complexity index is 574. The fourth-order valence-corrected chi connectivity index (χ4v) is 2.24. The lowest BCUT2D eigenvalue weighted by Crippen LogP contribution is -2.30. The van der Waals surface area contributed by atoms with Crippen molar-refractivity contribution in [3.8, 4) is 5.75 Å². The molecule has 100 valence electrons. The Balaban J connectivity index is 2.54. The molecule has 0 spiro atoms. The van der Waals surface area contributed by atoms with Crippen LogP contribution in [0.3, 0.4) is 0 Å². The van der Waals surface area contributed by atoms with Crippen molar-refractivity contribution in [2.24, 2.45) is 5.84 Å². The van der Waals surface area contributed by atoms with E-state index in [4.69, 9.17) is 22.2 Å². The predicted octanol–water partition coefficient (Wildman–Crippen LogP) is 2.60. The van der Waals surface area contributed by atoms with Crippen LogP contribution in [0.2, 0.25) is 5.02 Å². The minimum Gasteiger partial charge on any atom is -0.496 e. The Morgan fingerprint density at radius 2 is 2.16 bits per heavy atom. The van der Waals surface area contributed by atoms with Gasteiger partial charge in [0.25, 0.3) is 0 Å². The molecule has 0 aliphatic rings. The van der Waals surface area contributed by atoms with E-state index in [1.165, 1.54) is 0 Å². The first-order chi connectivity index (χ1) is 9.17. The minimum absolute atomic E-state index is 0.316. The molecule has 0 amide bonds. The van der Waals surface area contributed by atoms with E-state index in [1.54, 1.807) is 25.4 Å². The smallest absolute Gasteiger partial charge is 0.124 e. The number of nitrogens with one attached hydrogen (secondary N) is 1. The molecular weight excluding hydrogens is 262 g/mol. The summed E-state index contributed by atoms with van der Waals surface area (Å²) < 4.78 is 5.38. The van der Waals surface area contributed by atoms with Crippen molar-refractivity contribution in [2.45, 2.75) is 13.0 Å². The first-order valence-corrected chi connectivity index (χ1v) is 6.26. The van der Waals surface area contributed by atoms with Crippen LogP contribution in [0.5, 0.6) is 5.75 Å². The first-order valence-electron chi connectivity index (χ1n) is 5.88. The lowest BCUT2D eigenvalue weighted by atomic mass is 10.0. The zero-order valence-corrected chi connectivity index (χ0v) is 11.6. The third-order valence-electron chi connectivity index (χ3n) is 2.92. The van der Waals surface area contributed by atoms with Gasteiger partial charge in [-0.25, -0.2) is 5.43 Å². The quantitative estimate of drug-likeness (QED) is 0.666. The van der Waals surface area contributed by atoms with Gasteiger partial charge in [-0.1, -0.05) is 29.3 Å². The third-order valence-corrected chi connectivity index (χ3v) is 3.24. The minimum atomic E-state index is -0.316. The van der Waals surface area contributed by atoms with Gasteiger partial charge >= 0.3 is 0 Å². The highest BCUT2D eigenvalue weighted by molar-refractivity contribution is 6.31. The summed E-state index contributed by atoms with van der Waals surface area (Å²) >= 11 is 6.18. The summed E-state index contributed by atoms with van der Waals surface area (Å²) in [5, 5.41) is 0.564. The fourth-order valence-electron chi connectivity index (χ4n) is 2.01. The molecule has 2 aromatic rings. The number of aryl methyl sites for hydroxylation is 1. The van der Waals surface area contributed by atoms with Gasteiger partial charge < -0.3 is 4.74 Å². The molecule has 0 saturated carbocycles. The molecule has 1 heterocycles. The molecule has 1 atom stereocenters. The van der Waals surface area contributed by atoms with Gasteiger partial charge in [-0.15, -0.1) is 0 Å². The molecule has 1 aromatic carbocycles. The second-order valence-electron chi connectivity index (χ2n) is 4.22. The van der Waals surface area contributed by atoms with Crippen molar-refractivity contribution < 1.29 is 4.74 Å². The molecule has 0 bridgehead atoms. The fraction of sp³-hybridized carbons (Fsp3) is 0.214. The second-order valence-corrected chi connectivity index (χ2v) is 4.62. The van der Waals surface area contributed by atoms with Crippen LogP contribution in [0.4, 0.5) is 0 Å². The van der Waals surface area contributed by atoms with Crippen molar-refractivity contribution in [1.82, 2.24) is 10.4 Å². The summed E-state index contributed by atoms with van der Waals surface area (Å²) in [6, 6.07) is 9.16. The lowest BCUT2D eigenvalue weighted by molar-refractivity contribution is 0.403. The van der Waals surface area contributed by atoms with Gasteiger partial charge in [0.1, 0.15) is 5.75 Å². The molecule has 1 aromatic heterocycles. The Kier molecular flexibility index (Phi) is 4.37. The van der Waals surface area contributed by atoms with Crippen LogP contribution < -0.4 is 16.0 Å². The number of nitrogens with zero attached hydrogens (tertiary/aromatic N) is 1. The first kappa shape index (κ1) is 13.8. The number of hydrogen-bond acceptors (Lipinski definition) is 4. The lowest BCUT2D eigenvalue weighted by Gasteiger charge is -2.20. The second kappa shape index (κ2) is 6.02. The maximum absolute atomic E-state index is 6.18. The van der Waals surface area contributed by atoms with E-state index in [1.807, 2.05) is 25.1 Å². The zero-order valence-electron chi connectivity index (χ0n) is 10.9. The van der Waals surface area contributed by atoms with Crippen LogP contribution in [0, 0.1) is 6.92 Å². The van der Waals surface area contributed by atoms with Crippen molar-refractivity contribution in [3.63, 3.8) is 0 Å². The summed E-state index contributed by atoms with van der Waals surface area (Å²) in [4.78, 5) is 4.30. The van der Waals surface area contributed by atoms with Gasteiger partial charge in [0.2, 0.25) is 0 Å². The highest BCUT2D eigenvalue weighted by atomic mass is 35.5. The van der Waals surface area contributed by atoms with E-state index < -0.39 is 0 Å². The summed E-state index contributed by atoms with van der Waals surface area (Å²) in [5.41, 5.74) is 5.45. The van der Waals surface area contributed by atoms with Gasteiger partial charge in [0.05, 0.1) is 23.9 Å². The van der Waals surface area contributed by atoms with Crippen LogP contribution in [0.1, 0.15) is 22.9 Å². The van der Waals surface area contributed by atoms with Gasteiger partial charge in [0.15, 0.2) is 0 Å². The number of benzene rings is 1. The molecule has 4 nitrogen and oxygen atoms in total. The van der Waals surface area contributed by atoms with Crippen molar-refractivity contribution in [1.29, 1.82) is 0 Å². The standard InChI is InChI=1S/C14H16ClN3O/c1-9-5-6-12(19-2)10(8-9)13(18-16)14-11(15)4-3-7-17-14/h3-8,13,18H,16H2,1-2H3. The highest BCUT2D eigenvalue weighted by Gasteiger charge is 2.20. The van der Waals surface area contributed by atoms with Crippen LogP contribution in [-0.2, 0) is 0 Å². The molecular formula is C14H16ClN3O. The van der Waals surface area contributed by atoms with E-state index in [0.29, 0.717) is 10.7 Å². The van der Waals surface area contributed by atoms with E-state index in [9.17, 15) is 0 Å². The summed E-state index contributed by atoms with van der Waals surface area (Å²) in [6.45, 7) is 2.01. The number of ether oxygens (including phenoxy) is 1. The van der Waals surface area contributed by atoms with Gasteiger partial charge in [-0.05, 0) is 25.1 Å². The number of rotatable bonds is 4. The number of aromatic nitrogens is 1. The van der Waals surface area contributed by atoms with Crippen LogP contribution >= 0.6 is 11.6 Å². The molecule has 0 radical (unpaired) electrons. The summed E-state index contributed by atoms with van der Waals surface area (Å²) in [7, 11) is 1.63. The molecule has 0 saturated heterocycles. The van der Waals surface area contributed by atoms with E-state index in [0.717, 1.165) is 16.9 Å². The van der Waals surface area contributed by atoms with E-state index in [2.05, 4.69) is 10.4 Å². The monoisotopic (exact) mass is 277 g/mol. The Hall–Kier alpha value is -1.62. The molecule has 0 aliphatic heterocycles. The SMILES string of the molecule is COc1ccc(C)cc1C(NN)c1ncccc1Cl. The number of pyridine rings is 1. The molecule has 0 aliphatic carbocycles. The third kappa shape index (κ3) is 2.87. The average molecular weight is 278 g/mol. The van der Waals surface area contributed by atoms with Gasteiger partial charge in [-0.3, -0.25) is 10.8 Å². The maximum atomic E-state index is 6.18. The Morgan fingerprint density at radius 1 is 1.37 bits per heavy atom. The predicted molar refractivity (Wildman–Crippen MR) is 76.1 cm³/mol. The van der Waals surface area contributed by atoms with Crippen LogP contribution in [0.25, 0.3) is 0 Å². The number of nitrogens with two attached hydrogens (primary N) is 1. The van der Waals surface area contributed by atoms with Crippen LogP contribution in [-0.4, -0.2) is 12.1 Å². The van der Waals surface area contributed by atoms with Crippen molar-refractivity contribution in [2.75, 3.05) is 7.11 Å². The Labute approximate surface area is 117 Å². The maximum Gasteiger partial charge on any atom is 0.124 e. The summed E-state index contributed by atoms with van der Waals surface area (Å²) in [6.07, 6.45) is 1.69. The zero-order chi connectivity index (χ0) is 13.8. The molecule has 0 fully saturated rings.